The summed E-state index contributed by atoms with van der Waals surface area (Å²) in [5.41, 5.74) is 6.93. The number of carbonyl (C=O) groups is 4. The lowest BCUT2D eigenvalue weighted by molar-refractivity contribution is -0.141. The molecule has 0 unspecified atom stereocenters. The lowest BCUT2D eigenvalue weighted by Crippen LogP contribution is -2.58. The molecule has 6 atom stereocenters. The predicted molar refractivity (Wildman–Crippen MR) is 196 cm³/mol. The van der Waals surface area contributed by atoms with E-state index in [2.05, 4.69) is 15.6 Å². The summed E-state index contributed by atoms with van der Waals surface area (Å²) in [7, 11) is 7.03. The van der Waals surface area contributed by atoms with Crippen molar-refractivity contribution in [2.24, 2.45) is 17.8 Å². The van der Waals surface area contributed by atoms with Gasteiger partial charge < -0.3 is 36.2 Å². The van der Waals surface area contributed by atoms with E-state index in [4.69, 9.17) is 10.5 Å². The maximum absolute atomic E-state index is 14.1. The molecule has 6 N–H and O–H groups in total. The lowest BCUT2D eigenvalue weighted by Gasteiger charge is -2.37. The molecular formula is C36H58N6O7S. The Kier molecular flexibility index (Phi) is 16.6. The van der Waals surface area contributed by atoms with Gasteiger partial charge in [0.25, 0.3) is 5.91 Å². The van der Waals surface area contributed by atoms with Crippen molar-refractivity contribution in [2.45, 2.75) is 104 Å². The second-order valence-corrected chi connectivity index (χ2v) is 14.9. The van der Waals surface area contributed by atoms with Crippen LogP contribution in [0.25, 0.3) is 0 Å². The number of nitrogens with two attached hydrogens (primary N) is 1. The Morgan fingerprint density at radius 1 is 1.04 bits per heavy atom. The highest BCUT2D eigenvalue weighted by molar-refractivity contribution is 7.09. The van der Waals surface area contributed by atoms with Gasteiger partial charge in [0, 0.05) is 44.5 Å². The van der Waals surface area contributed by atoms with Crippen molar-refractivity contribution in [1.82, 2.24) is 25.4 Å². The first kappa shape index (κ1) is 42.4. The molecule has 0 spiro atoms. The normalized spacial score (nSPS) is 15.3. The third kappa shape index (κ3) is 11.9. The van der Waals surface area contributed by atoms with Crippen LogP contribution < -0.4 is 16.4 Å². The number of hydrogen-bond donors (Lipinski definition) is 5. The smallest absolute Gasteiger partial charge is 0.303 e. The lowest BCUT2D eigenvalue weighted by atomic mass is 9.92. The number of nitrogen functional groups attached to an aromatic ring is 1. The maximum Gasteiger partial charge on any atom is 0.303 e. The number of anilines is 1. The van der Waals surface area contributed by atoms with Crippen LogP contribution in [0.5, 0.6) is 5.75 Å². The molecule has 50 heavy (non-hydrogen) atoms. The zero-order valence-electron chi connectivity index (χ0n) is 31.2. The van der Waals surface area contributed by atoms with E-state index in [-0.39, 0.29) is 71.6 Å². The molecule has 0 saturated carbocycles. The number of carboxylic acid groups (broad SMARTS) is 1. The molecule has 0 aliphatic carbocycles. The molecule has 1 aromatic heterocycles. The van der Waals surface area contributed by atoms with Gasteiger partial charge in [-0.2, -0.15) is 0 Å². The van der Waals surface area contributed by atoms with Gasteiger partial charge in [-0.15, -0.1) is 11.3 Å². The predicted octanol–water partition coefficient (Wildman–Crippen LogP) is 4.31. The van der Waals surface area contributed by atoms with Crippen LogP contribution in [0, 0.1) is 17.8 Å². The highest BCUT2D eigenvalue weighted by Gasteiger charge is 2.36. The minimum Gasteiger partial charge on any atom is -0.506 e. The Bertz CT molecular complexity index is 1420. The summed E-state index contributed by atoms with van der Waals surface area (Å²) in [6.45, 7) is 12.0. The molecule has 0 fully saturated rings. The van der Waals surface area contributed by atoms with Gasteiger partial charge in [-0.05, 0) is 62.4 Å². The molecule has 2 aromatic rings. The minimum atomic E-state index is -0.984. The van der Waals surface area contributed by atoms with Crippen molar-refractivity contribution in [3.05, 3.63) is 39.8 Å². The average Bonchev–Trinajstić information content (AvgIpc) is 3.53. The molecule has 3 amide bonds. The van der Waals surface area contributed by atoms with Crippen LogP contribution in [-0.2, 0) is 25.5 Å². The second-order valence-electron chi connectivity index (χ2n) is 14.0. The van der Waals surface area contributed by atoms with Crippen molar-refractivity contribution in [2.75, 3.05) is 34.0 Å². The second kappa shape index (κ2) is 19.6. The number of phenolic OH excluding ortho intramolecular Hbond substituents is 1. The number of hydrogen-bond acceptors (Lipinski definition) is 10. The number of phenols is 1. The molecule has 0 saturated heterocycles. The van der Waals surface area contributed by atoms with Crippen molar-refractivity contribution in [3.8, 4) is 5.75 Å². The Labute approximate surface area is 301 Å². The van der Waals surface area contributed by atoms with Crippen LogP contribution in [0.2, 0.25) is 0 Å². The van der Waals surface area contributed by atoms with Gasteiger partial charge in [0.05, 0.1) is 11.7 Å². The third-order valence-electron chi connectivity index (χ3n) is 9.23. The molecule has 0 radical (unpaired) electrons. The molecule has 1 aromatic carbocycles. The van der Waals surface area contributed by atoms with Crippen LogP contribution >= 0.6 is 11.3 Å². The number of aromatic hydroxyl groups is 1. The maximum atomic E-state index is 14.1. The zero-order valence-corrected chi connectivity index (χ0v) is 32.0. The average molecular weight is 719 g/mol. The van der Waals surface area contributed by atoms with E-state index in [9.17, 15) is 29.4 Å². The monoisotopic (exact) mass is 718 g/mol. The van der Waals surface area contributed by atoms with Gasteiger partial charge in [0.1, 0.15) is 28.6 Å². The number of benzene rings is 1. The number of nitrogens with one attached hydrogen (secondary N) is 2. The Balaban J connectivity index is 2.25. The fraction of sp³-hybridized carbons (Fsp3) is 0.639. The standard InChI is InChI=1S/C36H58N6O7S/c1-11-22(6)31(40-34(47)32(21(4)5)41(7)8)36(48)42(9)27(20(2)3)18-29(49-10)35-39-26(19-50-35)33(46)38-24(13-15-30(44)45)16-23-12-14-28(43)25(37)17-23/h12,14,17,19-22,24,27,29,31-32,43H,11,13,15-16,18,37H2,1-10H3,(H,38,46)(H,40,47)(H,44,45)/t22-,24+,27+,29+,31-,32-/m0/s1. The van der Waals surface area contributed by atoms with Crippen molar-refractivity contribution in [1.29, 1.82) is 0 Å². The summed E-state index contributed by atoms with van der Waals surface area (Å²) in [6.07, 6.45) is 0.926. The fourth-order valence-electron chi connectivity index (χ4n) is 6.17. The van der Waals surface area contributed by atoms with E-state index in [0.29, 0.717) is 24.3 Å². The van der Waals surface area contributed by atoms with Gasteiger partial charge in [-0.3, -0.25) is 24.1 Å². The van der Waals surface area contributed by atoms with Gasteiger partial charge in [0.2, 0.25) is 11.8 Å². The first-order valence-electron chi connectivity index (χ1n) is 17.2. The Hall–Kier alpha value is -3.75. The number of nitrogens with zero attached hydrogens (tertiary/aromatic N) is 3. The topological polar surface area (TPSA) is 187 Å². The molecule has 0 aliphatic heterocycles. The SMILES string of the molecule is CC[C@H](C)[C@H](NC(=O)[C@H](C(C)C)N(C)C)C(=O)N(C)[C@H](C[C@@H](OC)c1nc(C(=O)N[C@H](CCC(=O)O)Cc2ccc(O)c(N)c2)cs1)C(C)C. The van der Waals surface area contributed by atoms with Crippen LogP contribution in [0.15, 0.2) is 23.6 Å². The summed E-state index contributed by atoms with van der Waals surface area (Å²) in [5, 5.41) is 27.2. The van der Waals surface area contributed by atoms with Gasteiger partial charge >= 0.3 is 5.97 Å². The number of carboxylic acids is 1. The van der Waals surface area contributed by atoms with Crippen LogP contribution in [0.1, 0.15) is 94.4 Å². The summed E-state index contributed by atoms with van der Waals surface area (Å²) < 4.78 is 5.87. The van der Waals surface area contributed by atoms with E-state index in [1.54, 1.807) is 36.6 Å². The number of methoxy groups -OCH3 is 1. The van der Waals surface area contributed by atoms with E-state index in [0.717, 1.165) is 5.56 Å². The Morgan fingerprint density at radius 2 is 1.70 bits per heavy atom. The van der Waals surface area contributed by atoms with Crippen molar-refractivity contribution in [3.63, 3.8) is 0 Å². The highest BCUT2D eigenvalue weighted by atomic mass is 32.1. The van der Waals surface area contributed by atoms with Crippen LogP contribution in [-0.4, -0.2) is 101 Å². The number of rotatable bonds is 20. The van der Waals surface area contributed by atoms with E-state index in [1.165, 1.54) is 17.4 Å². The van der Waals surface area contributed by atoms with E-state index in [1.807, 2.05) is 60.5 Å². The molecule has 0 bridgehead atoms. The number of aliphatic carboxylic acids is 1. The number of aromatic nitrogens is 1. The number of ether oxygens (including phenoxy) is 1. The largest absolute Gasteiger partial charge is 0.506 e. The van der Waals surface area contributed by atoms with Crippen LogP contribution in [0.4, 0.5) is 5.69 Å². The summed E-state index contributed by atoms with van der Waals surface area (Å²) in [4.78, 5) is 60.3. The summed E-state index contributed by atoms with van der Waals surface area (Å²) in [5.74, 6) is -1.86. The molecular weight excluding hydrogens is 660 g/mol. The number of carbonyl (C=O) groups excluding carboxylic acids is 3. The van der Waals surface area contributed by atoms with Gasteiger partial charge in [-0.25, -0.2) is 4.98 Å². The number of thiazole rings is 1. The van der Waals surface area contributed by atoms with Crippen LogP contribution in [0.3, 0.4) is 0 Å². The highest BCUT2D eigenvalue weighted by Crippen LogP contribution is 2.30. The third-order valence-corrected chi connectivity index (χ3v) is 10.2. The summed E-state index contributed by atoms with van der Waals surface area (Å²) >= 11 is 1.27. The molecule has 1 heterocycles. The fourth-order valence-corrected chi connectivity index (χ4v) is 7.06. The first-order chi connectivity index (χ1) is 23.4. The van der Waals surface area contributed by atoms with Crippen molar-refractivity contribution < 1.29 is 34.1 Å². The van der Waals surface area contributed by atoms with E-state index >= 15 is 0 Å². The molecule has 13 nitrogen and oxygen atoms in total. The van der Waals surface area contributed by atoms with Gasteiger partial charge in [-0.1, -0.05) is 54.0 Å². The molecule has 0 aliphatic rings. The Morgan fingerprint density at radius 3 is 2.22 bits per heavy atom. The summed E-state index contributed by atoms with van der Waals surface area (Å²) in [6, 6.07) is 2.85. The molecule has 14 heteroatoms. The quantitative estimate of drug-likeness (QED) is 0.0975. The minimum absolute atomic E-state index is 0.0340. The van der Waals surface area contributed by atoms with E-state index < -0.39 is 30.1 Å². The molecule has 280 valence electrons. The first-order valence-corrected chi connectivity index (χ1v) is 18.1. The van der Waals surface area contributed by atoms with Crippen molar-refractivity contribution >= 4 is 40.7 Å². The number of likely N-dealkylation sites (N-methyl/N-ethyl adjacent to an activating group) is 2. The van der Waals surface area contributed by atoms with Gasteiger partial charge in [0.15, 0.2) is 0 Å². The number of amides is 3. The zero-order chi connectivity index (χ0) is 37.9. The molecule has 2 rings (SSSR count).